The average Bonchev–Trinajstić information content (AvgIpc) is 2.61. The van der Waals surface area contributed by atoms with Crippen molar-refractivity contribution in [3.63, 3.8) is 0 Å². The van der Waals surface area contributed by atoms with Crippen LogP contribution < -0.4 is 21.7 Å². The van der Waals surface area contributed by atoms with Crippen molar-refractivity contribution in [3.8, 4) is 0 Å². The first-order valence-corrected chi connectivity index (χ1v) is 8.13. The van der Waals surface area contributed by atoms with Crippen LogP contribution >= 0.6 is 0 Å². The second-order valence-electron chi connectivity index (χ2n) is 5.03. The molecule has 0 saturated carbocycles. The van der Waals surface area contributed by atoms with Gasteiger partial charge in [0.05, 0.1) is 6.04 Å². The van der Waals surface area contributed by atoms with Crippen LogP contribution in [0.2, 0.25) is 0 Å². The van der Waals surface area contributed by atoms with Gasteiger partial charge in [0.2, 0.25) is 11.8 Å². The van der Waals surface area contributed by atoms with Gasteiger partial charge in [0.15, 0.2) is 0 Å². The van der Waals surface area contributed by atoms with Gasteiger partial charge in [-0.2, -0.15) is 0 Å². The van der Waals surface area contributed by atoms with Crippen LogP contribution in [0.3, 0.4) is 0 Å². The van der Waals surface area contributed by atoms with Gasteiger partial charge in [-0.3, -0.25) is 9.59 Å². The topological polar surface area (TPSA) is 123 Å². The van der Waals surface area contributed by atoms with Crippen LogP contribution in [0.15, 0.2) is 24.3 Å². The molecule has 8 heteroatoms. The minimum atomic E-state index is -0.845. The molecule has 0 fully saturated rings. The van der Waals surface area contributed by atoms with Gasteiger partial charge >= 0.3 is 6.09 Å². The Hall–Kier alpha value is -2.61. The maximum absolute atomic E-state index is 12.0. The number of nitrogens with one attached hydrogen (secondary N) is 3. The Balaban J connectivity index is 0.00000277. The molecule has 0 aliphatic rings. The summed E-state index contributed by atoms with van der Waals surface area (Å²) in [5.74, 6) is -0.586. The fourth-order valence-electron chi connectivity index (χ4n) is 1.62. The fourth-order valence-corrected chi connectivity index (χ4v) is 1.62. The minimum absolute atomic E-state index is 0.0674. The zero-order valence-corrected chi connectivity index (χ0v) is 15.4. The van der Waals surface area contributed by atoms with Crippen LogP contribution in [0.5, 0.6) is 0 Å². The number of primary amides is 1. The number of ether oxygens (including phenoxy) is 1. The average molecular weight is 352 g/mol. The van der Waals surface area contributed by atoms with E-state index in [1.165, 1.54) is 0 Å². The number of nitrogens with two attached hydrogens (primary N) is 1. The Labute approximate surface area is 148 Å². The van der Waals surface area contributed by atoms with Crippen LogP contribution in [-0.2, 0) is 20.9 Å². The lowest BCUT2D eigenvalue weighted by Crippen LogP contribution is -2.48. The normalized spacial score (nSPS) is 12.0. The molecule has 1 aromatic carbocycles. The molecule has 25 heavy (non-hydrogen) atoms. The summed E-state index contributed by atoms with van der Waals surface area (Å²) in [4.78, 5) is 34.3. The van der Waals surface area contributed by atoms with E-state index in [9.17, 15) is 14.4 Å². The highest BCUT2D eigenvalue weighted by molar-refractivity contribution is 5.97. The first-order chi connectivity index (χ1) is 11.8. The highest BCUT2D eigenvalue weighted by Gasteiger charge is 2.18. The van der Waals surface area contributed by atoms with Gasteiger partial charge in [-0.15, -0.1) is 0 Å². The van der Waals surface area contributed by atoms with E-state index in [0.717, 1.165) is 5.56 Å². The van der Waals surface area contributed by atoms with E-state index in [1.54, 1.807) is 45.2 Å². The molecule has 140 valence electrons. The zero-order chi connectivity index (χ0) is 19.4. The third-order valence-electron chi connectivity index (χ3n) is 3.18. The molecule has 0 saturated heterocycles. The van der Waals surface area contributed by atoms with Crippen molar-refractivity contribution in [2.24, 2.45) is 5.73 Å². The van der Waals surface area contributed by atoms with Crippen LogP contribution in [0.1, 0.15) is 33.3 Å². The summed E-state index contributed by atoms with van der Waals surface area (Å²) < 4.78 is 4.66. The third-order valence-corrected chi connectivity index (χ3v) is 3.18. The number of hydrogen-bond acceptors (Lipinski definition) is 5. The van der Waals surface area contributed by atoms with Crippen molar-refractivity contribution in [1.82, 2.24) is 10.6 Å². The molecule has 0 aromatic heterocycles. The van der Waals surface area contributed by atoms with Crippen molar-refractivity contribution in [2.45, 2.75) is 46.4 Å². The van der Waals surface area contributed by atoms with E-state index in [2.05, 4.69) is 20.7 Å². The van der Waals surface area contributed by atoms with Crippen molar-refractivity contribution in [2.75, 3.05) is 12.4 Å². The Bertz CT molecular complexity index is 560. The summed E-state index contributed by atoms with van der Waals surface area (Å²) >= 11 is 0. The number of amides is 3. The number of rotatable bonds is 7. The standard InChI is InChI=1S/C15H22N4O4.C2H6/c1-9(17-3)13(20)18-10(2)14(21)19-12-6-4-11(5-7-12)8-23-15(16)22;1-2/h4-7,9-10,17H,8H2,1-3H3,(H2,16,22)(H,18,20)(H,19,21);1-2H3. The predicted molar refractivity (Wildman–Crippen MR) is 96.9 cm³/mol. The minimum Gasteiger partial charge on any atom is -0.445 e. The summed E-state index contributed by atoms with van der Waals surface area (Å²) in [5, 5.41) is 8.10. The maximum atomic E-state index is 12.0. The summed E-state index contributed by atoms with van der Waals surface area (Å²) in [7, 11) is 1.67. The van der Waals surface area contributed by atoms with Gasteiger partial charge in [0.1, 0.15) is 12.6 Å². The lowest BCUT2D eigenvalue weighted by atomic mass is 10.2. The molecule has 0 spiro atoms. The van der Waals surface area contributed by atoms with E-state index in [1.807, 2.05) is 13.8 Å². The van der Waals surface area contributed by atoms with E-state index in [-0.39, 0.29) is 24.5 Å². The summed E-state index contributed by atoms with van der Waals surface area (Å²) in [6.07, 6.45) is -0.845. The molecular weight excluding hydrogens is 324 g/mol. The molecule has 2 atom stereocenters. The van der Waals surface area contributed by atoms with Crippen molar-refractivity contribution >= 4 is 23.6 Å². The monoisotopic (exact) mass is 352 g/mol. The molecule has 2 unspecified atom stereocenters. The summed E-state index contributed by atoms with van der Waals surface area (Å²) in [6.45, 7) is 7.37. The highest BCUT2D eigenvalue weighted by atomic mass is 16.5. The van der Waals surface area contributed by atoms with Gasteiger partial charge in [-0.05, 0) is 38.6 Å². The van der Waals surface area contributed by atoms with Gasteiger partial charge in [0.25, 0.3) is 0 Å². The molecular formula is C17H28N4O4. The fraction of sp³-hybridized carbons (Fsp3) is 0.471. The van der Waals surface area contributed by atoms with Crippen molar-refractivity contribution in [3.05, 3.63) is 29.8 Å². The quantitative estimate of drug-likeness (QED) is 0.590. The number of carbonyl (C=O) groups excluding carboxylic acids is 3. The highest BCUT2D eigenvalue weighted by Crippen LogP contribution is 2.11. The van der Waals surface area contributed by atoms with Gasteiger partial charge < -0.3 is 26.4 Å². The molecule has 5 N–H and O–H groups in total. The molecule has 3 amide bonds. The first-order valence-electron chi connectivity index (χ1n) is 8.13. The number of likely N-dealkylation sites (N-methyl/N-ethyl adjacent to an activating group) is 1. The predicted octanol–water partition coefficient (Wildman–Crippen LogP) is 1.36. The Morgan fingerprint density at radius 2 is 1.60 bits per heavy atom. The van der Waals surface area contributed by atoms with Crippen LogP contribution in [-0.4, -0.2) is 37.0 Å². The Kier molecular flexibility index (Phi) is 10.6. The largest absolute Gasteiger partial charge is 0.445 e. The van der Waals surface area contributed by atoms with E-state index >= 15 is 0 Å². The number of hydrogen-bond donors (Lipinski definition) is 4. The summed E-state index contributed by atoms with van der Waals surface area (Å²) in [5.41, 5.74) is 6.19. The van der Waals surface area contributed by atoms with Crippen molar-refractivity contribution < 1.29 is 19.1 Å². The Morgan fingerprint density at radius 1 is 1.04 bits per heavy atom. The molecule has 0 aliphatic heterocycles. The molecule has 8 nitrogen and oxygen atoms in total. The first kappa shape index (κ1) is 22.4. The van der Waals surface area contributed by atoms with E-state index < -0.39 is 12.1 Å². The lowest BCUT2D eigenvalue weighted by molar-refractivity contribution is -0.127. The Morgan fingerprint density at radius 3 is 2.08 bits per heavy atom. The zero-order valence-electron chi connectivity index (χ0n) is 15.4. The maximum Gasteiger partial charge on any atom is 0.404 e. The van der Waals surface area contributed by atoms with Crippen LogP contribution in [0, 0.1) is 0 Å². The van der Waals surface area contributed by atoms with E-state index in [0.29, 0.717) is 5.69 Å². The molecule has 1 aromatic rings. The van der Waals surface area contributed by atoms with Crippen LogP contribution in [0.4, 0.5) is 10.5 Å². The smallest absolute Gasteiger partial charge is 0.404 e. The molecule has 0 heterocycles. The van der Waals surface area contributed by atoms with Gasteiger partial charge in [0, 0.05) is 5.69 Å². The SMILES string of the molecule is CC.CNC(C)C(=O)NC(C)C(=O)Nc1ccc(COC(N)=O)cc1. The van der Waals surface area contributed by atoms with Gasteiger partial charge in [-0.1, -0.05) is 26.0 Å². The molecule has 0 bridgehead atoms. The van der Waals surface area contributed by atoms with Crippen LogP contribution in [0.25, 0.3) is 0 Å². The second kappa shape index (κ2) is 11.9. The number of carbonyl (C=O) groups is 3. The van der Waals surface area contributed by atoms with Crippen molar-refractivity contribution in [1.29, 1.82) is 0 Å². The number of benzene rings is 1. The lowest BCUT2D eigenvalue weighted by Gasteiger charge is -2.17. The molecule has 0 aliphatic carbocycles. The second-order valence-corrected chi connectivity index (χ2v) is 5.03. The molecule has 1 rings (SSSR count). The number of anilines is 1. The van der Waals surface area contributed by atoms with Gasteiger partial charge in [-0.25, -0.2) is 4.79 Å². The third kappa shape index (κ3) is 8.71. The van der Waals surface area contributed by atoms with E-state index in [4.69, 9.17) is 5.73 Å². The molecule has 0 radical (unpaired) electrons. The summed E-state index contributed by atoms with van der Waals surface area (Å²) in [6, 6.07) is 5.69.